The van der Waals surface area contributed by atoms with Crippen LogP contribution in [-0.4, -0.2) is 15.7 Å². The standard InChI is InChI=1S/C6H9FN4.ClH/c1-3-5(7)4(2)11(10-3)6(8)9;/h1-2H3,(H3,8,9);1H. The van der Waals surface area contributed by atoms with Crippen molar-refractivity contribution in [2.75, 3.05) is 0 Å². The first-order valence-corrected chi connectivity index (χ1v) is 3.10. The zero-order valence-electron chi connectivity index (χ0n) is 6.76. The Balaban J connectivity index is 0.00000121. The molecule has 0 aliphatic carbocycles. The van der Waals surface area contributed by atoms with Crippen molar-refractivity contribution in [1.29, 1.82) is 5.41 Å². The van der Waals surface area contributed by atoms with E-state index in [4.69, 9.17) is 11.1 Å². The van der Waals surface area contributed by atoms with Gasteiger partial charge < -0.3 is 5.73 Å². The van der Waals surface area contributed by atoms with Gasteiger partial charge in [0.1, 0.15) is 0 Å². The Morgan fingerprint density at radius 3 is 2.25 bits per heavy atom. The summed E-state index contributed by atoms with van der Waals surface area (Å²) in [7, 11) is 0. The molecular formula is C6H10ClFN4. The van der Waals surface area contributed by atoms with E-state index in [9.17, 15) is 4.39 Å². The molecule has 0 amide bonds. The van der Waals surface area contributed by atoms with Crippen LogP contribution in [0.3, 0.4) is 0 Å². The molecule has 0 unspecified atom stereocenters. The quantitative estimate of drug-likeness (QED) is 0.472. The van der Waals surface area contributed by atoms with Crippen LogP contribution in [0.25, 0.3) is 0 Å². The van der Waals surface area contributed by atoms with Gasteiger partial charge in [0.25, 0.3) is 0 Å². The van der Waals surface area contributed by atoms with Crippen LogP contribution in [-0.2, 0) is 0 Å². The molecule has 68 valence electrons. The Labute approximate surface area is 75.5 Å². The number of hydrogen-bond acceptors (Lipinski definition) is 2. The Bertz CT molecular complexity index is 307. The first kappa shape index (κ1) is 10.9. The topological polar surface area (TPSA) is 67.7 Å². The summed E-state index contributed by atoms with van der Waals surface area (Å²) in [5.74, 6) is -0.672. The Morgan fingerprint density at radius 1 is 1.58 bits per heavy atom. The Morgan fingerprint density at radius 2 is 2.08 bits per heavy atom. The first-order chi connectivity index (χ1) is 5.04. The fourth-order valence-electron chi connectivity index (χ4n) is 0.858. The maximum atomic E-state index is 12.9. The molecule has 1 rings (SSSR count). The number of nitrogens with zero attached hydrogens (tertiary/aromatic N) is 2. The molecule has 3 N–H and O–H groups in total. The van der Waals surface area contributed by atoms with Crippen LogP contribution in [0.5, 0.6) is 0 Å². The average Bonchev–Trinajstić information content (AvgIpc) is 2.17. The molecule has 0 saturated carbocycles. The number of aromatic nitrogens is 2. The first-order valence-electron chi connectivity index (χ1n) is 3.10. The number of halogens is 2. The molecule has 0 aliphatic rings. The summed E-state index contributed by atoms with van der Waals surface area (Å²) >= 11 is 0. The number of nitrogen functional groups attached to an aromatic ring is 1. The van der Waals surface area contributed by atoms with E-state index in [0.717, 1.165) is 4.68 Å². The fourth-order valence-corrected chi connectivity index (χ4v) is 0.858. The van der Waals surface area contributed by atoms with Crippen molar-refractivity contribution in [3.05, 3.63) is 17.2 Å². The molecule has 1 heterocycles. The monoisotopic (exact) mass is 192 g/mol. The van der Waals surface area contributed by atoms with Crippen LogP contribution in [0, 0.1) is 25.1 Å². The summed E-state index contributed by atoms with van der Waals surface area (Å²) in [4.78, 5) is 0. The largest absolute Gasteiger partial charge is 0.368 e. The van der Waals surface area contributed by atoms with Gasteiger partial charge in [-0.05, 0) is 13.8 Å². The fraction of sp³-hybridized carbons (Fsp3) is 0.333. The summed E-state index contributed by atoms with van der Waals surface area (Å²) in [6.07, 6.45) is 0. The maximum absolute atomic E-state index is 12.9. The molecule has 12 heavy (non-hydrogen) atoms. The molecule has 4 nitrogen and oxygen atoms in total. The van der Waals surface area contributed by atoms with Crippen LogP contribution in [0.15, 0.2) is 0 Å². The maximum Gasteiger partial charge on any atom is 0.213 e. The minimum absolute atomic E-state index is 0. The second-order valence-electron chi connectivity index (χ2n) is 2.28. The number of nitrogens with one attached hydrogen (secondary N) is 1. The van der Waals surface area contributed by atoms with Gasteiger partial charge >= 0.3 is 0 Å². The third-order valence-electron chi connectivity index (χ3n) is 1.43. The summed E-state index contributed by atoms with van der Waals surface area (Å²) in [6, 6.07) is 0. The highest BCUT2D eigenvalue weighted by Crippen LogP contribution is 2.08. The average molecular weight is 193 g/mol. The zero-order chi connectivity index (χ0) is 8.59. The third kappa shape index (κ3) is 1.55. The molecule has 0 radical (unpaired) electrons. The van der Waals surface area contributed by atoms with Crippen LogP contribution in [0.4, 0.5) is 4.39 Å². The minimum Gasteiger partial charge on any atom is -0.368 e. The van der Waals surface area contributed by atoms with E-state index in [1.54, 1.807) is 0 Å². The van der Waals surface area contributed by atoms with Gasteiger partial charge in [0.15, 0.2) is 5.82 Å². The van der Waals surface area contributed by atoms with E-state index < -0.39 is 5.82 Å². The van der Waals surface area contributed by atoms with E-state index in [2.05, 4.69) is 5.10 Å². The predicted octanol–water partition coefficient (Wildman–Crippen LogP) is 0.802. The van der Waals surface area contributed by atoms with Crippen molar-refractivity contribution in [3.63, 3.8) is 0 Å². The van der Waals surface area contributed by atoms with E-state index in [1.807, 2.05) is 0 Å². The minimum atomic E-state index is -0.403. The van der Waals surface area contributed by atoms with E-state index in [-0.39, 0.29) is 29.8 Å². The molecule has 0 bridgehead atoms. The summed E-state index contributed by atoms with van der Waals surface area (Å²) in [5, 5.41) is 10.7. The van der Waals surface area contributed by atoms with Crippen LogP contribution >= 0.6 is 12.4 Å². The molecular weight excluding hydrogens is 183 g/mol. The van der Waals surface area contributed by atoms with Gasteiger partial charge in [0.2, 0.25) is 5.96 Å². The van der Waals surface area contributed by atoms with Crippen molar-refractivity contribution in [1.82, 2.24) is 9.78 Å². The summed E-state index contributed by atoms with van der Waals surface area (Å²) in [5.41, 5.74) is 5.65. The Kier molecular flexibility index (Phi) is 3.21. The normalized spacial score (nSPS) is 9.25. The molecule has 0 fully saturated rings. The van der Waals surface area contributed by atoms with E-state index >= 15 is 0 Å². The van der Waals surface area contributed by atoms with Gasteiger partial charge in [0, 0.05) is 0 Å². The lowest BCUT2D eigenvalue weighted by molar-refractivity contribution is 0.609. The molecule has 1 aromatic heterocycles. The lowest BCUT2D eigenvalue weighted by atomic mass is 10.4. The number of nitrogens with two attached hydrogens (primary N) is 1. The molecule has 0 atom stereocenters. The van der Waals surface area contributed by atoms with Gasteiger partial charge in [-0.3, -0.25) is 5.41 Å². The second-order valence-corrected chi connectivity index (χ2v) is 2.28. The third-order valence-corrected chi connectivity index (χ3v) is 1.43. The van der Waals surface area contributed by atoms with Crippen LogP contribution < -0.4 is 5.73 Å². The van der Waals surface area contributed by atoms with E-state index in [1.165, 1.54) is 13.8 Å². The second kappa shape index (κ2) is 3.53. The zero-order valence-corrected chi connectivity index (χ0v) is 7.57. The number of aryl methyl sites for hydroxylation is 1. The van der Waals surface area contributed by atoms with Crippen molar-refractivity contribution in [2.45, 2.75) is 13.8 Å². The van der Waals surface area contributed by atoms with E-state index in [0.29, 0.717) is 0 Å². The van der Waals surface area contributed by atoms with Gasteiger partial charge in [-0.1, -0.05) is 0 Å². The highest BCUT2D eigenvalue weighted by molar-refractivity contribution is 5.85. The number of hydrogen-bond donors (Lipinski definition) is 2. The smallest absolute Gasteiger partial charge is 0.213 e. The summed E-state index contributed by atoms with van der Waals surface area (Å²) in [6.45, 7) is 3.05. The van der Waals surface area contributed by atoms with Crippen LogP contribution in [0.2, 0.25) is 0 Å². The van der Waals surface area contributed by atoms with Gasteiger partial charge in [0.05, 0.1) is 11.4 Å². The van der Waals surface area contributed by atoms with Gasteiger partial charge in [-0.25, -0.2) is 9.07 Å². The molecule has 6 heteroatoms. The predicted molar refractivity (Wildman–Crippen MR) is 46.2 cm³/mol. The Hall–Kier alpha value is -1.10. The van der Waals surface area contributed by atoms with Crippen molar-refractivity contribution >= 4 is 18.4 Å². The van der Waals surface area contributed by atoms with Gasteiger partial charge in [-0.15, -0.1) is 12.4 Å². The molecule has 0 aliphatic heterocycles. The molecule has 0 saturated heterocycles. The van der Waals surface area contributed by atoms with Gasteiger partial charge in [-0.2, -0.15) is 5.10 Å². The van der Waals surface area contributed by atoms with Crippen molar-refractivity contribution in [3.8, 4) is 0 Å². The van der Waals surface area contributed by atoms with Crippen LogP contribution in [0.1, 0.15) is 11.4 Å². The highest BCUT2D eigenvalue weighted by atomic mass is 35.5. The van der Waals surface area contributed by atoms with Crippen molar-refractivity contribution in [2.24, 2.45) is 5.73 Å². The lowest BCUT2D eigenvalue weighted by Gasteiger charge is -1.97. The molecule has 0 aromatic carbocycles. The lowest BCUT2D eigenvalue weighted by Crippen LogP contribution is -2.23. The highest BCUT2D eigenvalue weighted by Gasteiger charge is 2.11. The molecule has 0 spiro atoms. The number of rotatable bonds is 0. The van der Waals surface area contributed by atoms with Crippen molar-refractivity contribution < 1.29 is 4.39 Å². The SMILES string of the molecule is Cc1nn(C(=N)N)c(C)c1F.Cl. The molecule has 1 aromatic rings. The summed E-state index contributed by atoms with van der Waals surface area (Å²) < 4.78 is 13.9.